The number of hydrogen-bond acceptors (Lipinski definition) is 9. The topological polar surface area (TPSA) is 141 Å². The number of nitrogens with two attached hydrogens (primary N) is 1. The van der Waals surface area contributed by atoms with Gasteiger partial charge in [-0.2, -0.15) is 5.26 Å². The van der Waals surface area contributed by atoms with Gasteiger partial charge in [0.2, 0.25) is 0 Å². The van der Waals surface area contributed by atoms with Crippen LogP contribution in [0.3, 0.4) is 0 Å². The molecule has 1 aromatic heterocycles. The fourth-order valence-electron chi connectivity index (χ4n) is 4.25. The van der Waals surface area contributed by atoms with E-state index in [-0.39, 0.29) is 16.7 Å². The van der Waals surface area contributed by atoms with Crippen LogP contribution in [0.15, 0.2) is 72.6 Å². The molecule has 1 aliphatic heterocycles. The van der Waals surface area contributed by atoms with Gasteiger partial charge < -0.3 is 20.7 Å². The summed E-state index contributed by atoms with van der Waals surface area (Å²) in [7, 11) is 2.13. The van der Waals surface area contributed by atoms with Crippen LogP contribution in [0, 0.1) is 22.2 Å². The first-order chi connectivity index (χ1) is 19.1. The van der Waals surface area contributed by atoms with Crippen molar-refractivity contribution in [1.29, 1.82) is 10.7 Å². The lowest BCUT2D eigenvalue weighted by atomic mass is 9.94. The molecule has 9 heteroatoms. The zero-order chi connectivity index (χ0) is 29.1. The lowest BCUT2D eigenvalue weighted by molar-refractivity contribution is -0.104. The molecule has 1 aliphatic rings. The minimum Gasteiger partial charge on any atom is -0.457 e. The number of aromatic nitrogens is 2. The Kier molecular flexibility index (Phi) is 10.5. The summed E-state index contributed by atoms with van der Waals surface area (Å²) in [5.41, 5.74) is 7.77. The van der Waals surface area contributed by atoms with Crippen molar-refractivity contribution in [2.75, 3.05) is 31.2 Å². The van der Waals surface area contributed by atoms with Gasteiger partial charge in [0.15, 0.2) is 6.29 Å². The molecule has 1 atom stereocenters. The van der Waals surface area contributed by atoms with Crippen LogP contribution < -0.4 is 15.8 Å². The van der Waals surface area contributed by atoms with E-state index in [1.807, 2.05) is 75.4 Å². The Morgan fingerprint density at radius 1 is 1.18 bits per heavy atom. The van der Waals surface area contributed by atoms with E-state index in [4.69, 9.17) is 21.1 Å². The first-order valence-electron chi connectivity index (χ1n) is 13.2. The third-order valence-corrected chi connectivity index (χ3v) is 6.27. The van der Waals surface area contributed by atoms with Crippen LogP contribution in [0.1, 0.15) is 44.7 Å². The van der Waals surface area contributed by atoms with Crippen molar-refractivity contribution in [3.63, 3.8) is 0 Å². The number of rotatable bonds is 8. The lowest BCUT2D eigenvalue weighted by Gasteiger charge is -2.21. The fourth-order valence-corrected chi connectivity index (χ4v) is 4.25. The molecule has 4 N–H and O–H groups in total. The quantitative estimate of drug-likeness (QED) is 0.148. The molecule has 9 nitrogen and oxygen atoms in total. The number of likely N-dealkylation sites (N-methyl/N-ethyl adjacent to an activating group) is 1. The monoisotopic (exact) mass is 539 g/mol. The molecule has 0 radical (unpaired) electrons. The molecular formula is C31H37N7O2. The number of nitriles is 1. The molecule has 1 saturated heterocycles. The highest BCUT2D eigenvalue weighted by atomic mass is 16.5. The lowest BCUT2D eigenvalue weighted by Crippen LogP contribution is -2.32. The Balaban J connectivity index is 0.000000378. The SMILES string of the molecule is CC(C)(C)/C=C(\C#N)C=O.CN1CCCC1CNc1ncnc(N)c1C(=N)c1ccc(Oc2ccccc2)cc1. The van der Waals surface area contributed by atoms with E-state index in [1.165, 1.54) is 12.7 Å². The standard InChI is InChI=1S/C23H26N6O.C8H11NO/c1-29-13-5-6-17(29)14-26-23-20(22(25)27-15-28-23)21(24)16-9-11-19(12-10-16)30-18-7-3-2-4-8-18;1-8(2,3)4-7(5-9)6-10/h2-4,7-12,15,17,24H,5-6,13-14H2,1H3,(H3,25,26,27,28);4,6H,1-3H3/b;7-4+. The highest BCUT2D eigenvalue weighted by Gasteiger charge is 2.22. The number of likely N-dealkylation sites (tertiary alicyclic amines) is 1. The Bertz CT molecular complexity index is 1360. The molecule has 4 rings (SSSR count). The Labute approximate surface area is 236 Å². The second-order valence-corrected chi connectivity index (χ2v) is 10.6. The van der Waals surface area contributed by atoms with Crippen molar-refractivity contribution in [2.24, 2.45) is 5.41 Å². The van der Waals surface area contributed by atoms with Gasteiger partial charge in [-0.05, 0) is 68.2 Å². The summed E-state index contributed by atoms with van der Waals surface area (Å²) >= 11 is 0. The maximum Gasteiger partial charge on any atom is 0.160 e. The first-order valence-corrected chi connectivity index (χ1v) is 13.2. The number of allylic oxidation sites excluding steroid dienone is 2. The number of para-hydroxylation sites is 1. The van der Waals surface area contributed by atoms with Crippen LogP contribution in [0.4, 0.5) is 11.6 Å². The van der Waals surface area contributed by atoms with Crippen molar-refractivity contribution in [1.82, 2.24) is 14.9 Å². The summed E-state index contributed by atoms with van der Waals surface area (Å²) < 4.78 is 5.83. The number of anilines is 2. The third kappa shape index (κ3) is 8.75. The Hall–Kier alpha value is -4.55. The fraction of sp³-hybridized carbons (Fsp3) is 0.323. The molecule has 2 heterocycles. The van der Waals surface area contributed by atoms with Gasteiger partial charge in [0.05, 0.1) is 16.8 Å². The average molecular weight is 540 g/mol. The van der Waals surface area contributed by atoms with Crippen molar-refractivity contribution >= 4 is 23.6 Å². The van der Waals surface area contributed by atoms with Crippen LogP contribution in [0.2, 0.25) is 0 Å². The summed E-state index contributed by atoms with van der Waals surface area (Å²) in [6.45, 7) is 7.69. The van der Waals surface area contributed by atoms with Gasteiger partial charge >= 0.3 is 0 Å². The molecule has 0 saturated carbocycles. The predicted molar refractivity (Wildman–Crippen MR) is 159 cm³/mol. The smallest absolute Gasteiger partial charge is 0.160 e. The number of nitrogens with zero attached hydrogens (tertiary/aromatic N) is 4. The van der Waals surface area contributed by atoms with Crippen LogP contribution in [0.25, 0.3) is 0 Å². The van der Waals surface area contributed by atoms with Crippen molar-refractivity contribution in [3.05, 3.63) is 83.7 Å². The van der Waals surface area contributed by atoms with Gasteiger partial charge in [0.1, 0.15) is 35.5 Å². The van der Waals surface area contributed by atoms with Crippen molar-refractivity contribution in [2.45, 2.75) is 39.7 Å². The largest absolute Gasteiger partial charge is 0.457 e. The molecule has 0 bridgehead atoms. The third-order valence-electron chi connectivity index (χ3n) is 6.27. The second-order valence-electron chi connectivity index (χ2n) is 10.6. The van der Waals surface area contributed by atoms with E-state index in [1.54, 1.807) is 12.1 Å². The first kappa shape index (κ1) is 30.0. The van der Waals surface area contributed by atoms with Gasteiger partial charge in [0, 0.05) is 18.2 Å². The van der Waals surface area contributed by atoms with Crippen LogP contribution in [0.5, 0.6) is 11.5 Å². The number of nitrogen functional groups attached to an aromatic ring is 1. The van der Waals surface area contributed by atoms with Crippen LogP contribution in [-0.2, 0) is 4.79 Å². The number of aldehydes is 1. The van der Waals surface area contributed by atoms with Gasteiger partial charge in [-0.3, -0.25) is 10.2 Å². The van der Waals surface area contributed by atoms with Crippen molar-refractivity contribution in [3.8, 4) is 17.6 Å². The molecular weight excluding hydrogens is 502 g/mol. The number of ether oxygens (including phenoxy) is 1. The molecule has 3 aromatic rings. The molecule has 1 unspecified atom stereocenters. The molecule has 1 fully saturated rings. The normalized spacial score (nSPS) is 15.4. The van der Waals surface area contributed by atoms with E-state index < -0.39 is 0 Å². The zero-order valence-corrected chi connectivity index (χ0v) is 23.5. The van der Waals surface area contributed by atoms with Crippen LogP contribution in [-0.4, -0.2) is 53.0 Å². The number of nitrogens with one attached hydrogen (secondary N) is 2. The summed E-state index contributed by atoms with van der Waals surface area (Å²) in [5, 5.41) is 20.4. The van der Waals surface area contributed by atoms with Crippen molar-refractivity contribution < 1.29 is 9.53 Å². The maximum atomic E-state index is 10.1. The summed E-state index contributed by atoms with van der Waals surface area (Å²) in [5.74, 6) is 2.36. The number of carbonyl (C=O) groups excluding carboxylic acids is 1. The number of carbonyl (C=O) groups is 1. The second kappa shape index (κ2) is 14.0. The van der Waals surface area contributed by atoms with Gasteiger partial charge in [-0.15, -0.1) is 0 Å². The molecule has 0 amide bonds. The van der Waals surface area contributed by atoms with E-state index in [2.05, 4.69) is 27.2 Å². The molecule has 2 aromatic carbocycles. The highest BCUT2D eigenvalue weighted by Crippen LogP contribution is 2.26. The van der Waals surface area contributed by atoms with Gasteiger partial charge in [-0.1, -0.05) is 45.0 Å². The highest BCUT2D eigenvalue weighted by molar-refractivity contribution is 6.16. The summed E-state index contributed by atoms with van der Waals surface area (Å²) in [4.78, 5) is 20.9. The van der Waals surface area contributed by atoms with E-state index >= 15 is 0 Å². The molecule has 0 spiro atoms. The van der Waals surface area contributed by atoms with E-state index in [9.17, 15) is 4.79 Å². The predicted octanol–water partition coefficient (Wildman–Crippen LogP) is 5.45. The Morgan fingerprint density at radius 3 is 2.40 bits per heavy atom. The minimum absolute atomic E-state index is 0.0913. The minimum atomic E-state index is -0.0913. The molecule has 208 valence electrons. The van der Waals surface area contributed by atoms with Gasteiger partial charge in [0.25, 0.3) is 0 Å². The van der Waals surface area contributed by atoms with Crippen LogP contribution >= 0.6 is 0 Å². The molecule has 40 heavy (non-hydrogen) atoms. The average Bonchev–Trinajstić information content (AvgIpc) is 3.35. The Morgan fingerprint density at radius 2 is 1.85 bits per heavy atom. The zero-order valence-electron chi connectivity index (χ0n) is 23.5. The van der Waals surface area contributed by atoms with E-state index in [0.717, 1.165) is 30.8 Å². The van der Waals surface area contributed by atoms with E-state index in [0.29, 0.717) is 35.3 Å². The molecule has 0 aliphatic carbocycles. The van der Waals surface area contributed by atoms with Gasteiger partial charge in [-0.25, -0.2) is 9.97 Å². The number of hydrogen-bond donors (Lipinski definition) is 3. The summed E-state index contributed by atoms with van der Waals surface area (Å²) in [6, 6.07) is 19.2. The maximum absolute atomic E-state index is 10.1. The number of benzene rings is 2. The summed E-state index contributed by atoms with van der Waals surface area (Å²) in [6.07, 6.45) is 6.02.